The second kappa shape index (κ2) is 8.34. The van der Waals surface area contributed by atoms with E-state index < -0.39 is 18.2 Å². The van der Waals surface area contributed by atoms with Crippen molar-refractivity contribution in [3.63, 3.8) is 0 Å². The van der Waals surface area contributed by atoms with Crippen LogP contribution in [0.1, 0.15) is 0 Å². The van der Waals surface area contributed by atoms with Gasteiger partial charge in [-0.05, 0) is 12.1 Å². The molecule has 94 valence electrons. The number of carboxylic acid groups (broad SMARTS) is 2. The molecule has 0 saturated carbocycles. The van der Waals surface area contributed by atoms with Crippen molar-refractivity contribution in [2.24, 2.45) is 0 Å². The number of carbonyl (C=O) groups is 2. The Labute approximate surface area is 121 Å². The van der Waals surface area contributed by atoms with E-state index in [1.165, 1.54) is 12.3 Å². The van der Waals surface area contributed by atoms with Crippen molar-refractivity contribution in [1.82, 2.24) is 4.98 Å². The fourth-order valence-electron chi connectivity index (χ4n) is 0.699. The second-order valence-electron chi connectivity index (χ2n) is 2.01. The molecule has 0 amide bonds. The fourth-order valence-corrected chi connectivity index (χ4v) is 0.699. The largest absolute Gasteiger partial charge is 1.00 e. The molecule has 7 nitrogen and oxygen atoms in total. The third-order valence-corrected chi connectivity index (χ3v) is 1.11. The predicted molar refractivity (Wildman–Crippen MR) is 36.3 cm³/mol. The minimum atomic E-state index is -1.87. The Hall–Kier alpha value is -0.829. The van der Waals surface area contributed by atoms with Gasteiger partial charge in [-0.1, -0.05) is 0 Å². The van der Waals surface area contributed by atoms with Gasteiger partial charge in [0, 0.05) is 6.20 Å². The van der Waals surface area contributed by atoms with Gasteiger partial charge >= 0.3 is 44.8 Å². The molecule has 16 heavy (non-hydrogen) atoms. The number of nitrogens with zero attached hydrogens (tertiary/aromatic N) is 1. The molecule has 0 radical (unpaired) electrons. The number of carbonyl (C=O) groups excluding carboxylic acids is 2. The summed E-state index contributed by atoms with van der Waals surface area (Å²) < 4.78 is 8.10. The van der Waals surface area contributed by atoms with E-state index in [1.54, 1.807) is 0 Å². The van der Waals surface area contributed by atoms with Crippen LogP contribution in [-0.4, -0.2) is 17.3 Å². The van der Waals surface area contributed by atoms with Crippen LogP contribution in [0.3, 0.4) is 0 Å². The SMILES string of the molecule is O=C([O-])Oc1cccnc1OC(=O)[O-].[Ag+].[Ag+]. The third kappa shape index (κ3) is 5.91. The molecule has 1 rings (SSSR count). The van der Waals surface area contributed by atoms with Crippen LogP contribution in [0.5, 0.6) is 11.6 Å². The summed E-state index contributed by atoms with van der Waals surface area (Å²) in [5, 5.41) is 20.0. The van der Waals surface area contributed by atoms with Gasteiger partial charge in [-0.15, -0.1) is 0 Å². The van der Waals surface area contributed by atoms with Gasteiger partial charge in [0.25, 0.3) is 12.3 Å². The molecule has 1 aromatic heterocycles. The van der Waals surface area contributed by atoms with Crippen molar-refractivity contribution in [3.05, 3.63) is 18.3 Å². The van der Waals surface area contributed by atoms with Gasteiger partial charge in [0.1, 0.15) is 0 Å². The number of pyridine rings is 1. The summed E-state index contributed by atoms with van der Waals surface area (Å²) in [6.45, 7) is 0. The molecule has 1 heterocycles. The molecule has 1 aromatic rings. The minimum absolute atomic E-state index is 0. The zero-order chi connectivity index (χ0) is 10.6. The quantitative estimate of drug-likeness (QED) is 0.430. The maximum absolute atomic E-state index is 10.0. The molecule has 0 aliphatic carbocycles. The van der Waals surface area contributed by atoms with E-state index in [2.05, 4.69) is 14.5 Å². The van der Waals surface area contributed by atoms with Crippen LogP contribution >= 0.6 is 0 Å². The topological polar surface area (TPSA) is 112 Å². The van der Waals surface area contributed by atoms with E-state index in [9.17, 15) is 19.8 Å². The third-order valence-electron chi connectivity index (χ3n) is 1.11. The standard InChI is InChI=1S/C7H5NO6.2Ag/c9-6(10)13-4-2-1-3-8-5(4)14-7(11)12;;/h1-3H,(H,9,10)(H,11,12);;/q;2*+1/p-2. The molecule has 0 saturated heterocycles. The fraction of sp³-hybridized carbons (Fsp3) is 0. The Morgan fingerprint density at radius 1 is 1.12 bits per heavy atom. The average molecular weight is 413 g/mol. The van der Waals surface area contributed by atoms with Crippen LogP contribution in [0.4, 0.5) is 9.59 Å². The summed E-state index contributed by atoms with van der Waals surface area (Å²) in [5.74, 6) is -0.895. The Morgan fingerprint density at radius 3 is 2.19 bits per heavy atom. The Kier molecular flexibility index (Phi) is 9.15. The second-order valence-corrected chi connectivity index (χ2v) is 2.01. The van der Waals surface area contributed by atoms with Gasteiger partial charge in [-0.25, -0.2) is 4.98 Å². The normalized spacial score (nSPS) is 8.00. The zero-order valence-corrected chi connectivity index (χ0v) is 10.2. The van der Waals surface area contributed by atoms with Crippen molar-refractivity contribution in [2.45, 2.75) is 0 Å². The first kappa shape index (κ1) is 17.6. The van der Waals surface area contributed by atoms with Crippen molar-refractivity contribution in [3.8, 4) is 11.6 Å². The van der Waals surface area contributed by atoms with Gasteiger partial charge in [-0.2, -0.15) is 0 Å². The van der Waals surface area contributed by atoms with Crippen LogP contribution in [-0.2, 0) is 44.8 Å². The molecule has 0 aromatic carbocycles. The number of hydrogen-bond acceptors (Lipinski definition) is 7. The average Bonchev–Trinajstić information content (AvgIpc) is 2.06. The molecule has 0 atom stereocenters. The minimum Gasteiger partial charge on any atom is -0.510 e. The first-order chi connectivity index (χ1) is 6.59. The van der Waals surface area contributed by atoms with Gasteiger partial charge < -0.3 is 29.3 Å². The monoisotopic (exact) mass is 411 g/mol. The zero-order valence-electron chi connectivity index (χ0n) is 7.23. The first-order valence-electron chi connectivity index (χ1n) is 3.32. The molecular weight excluding hydrogens is 410 g/mol. The summed E-state index contributed by atoms with van der Waals surface area (Å²) in [5.41, 5.74) is 0. The Bertz CT molecular complexity index is 337. The number of hydrogen-bond donors (Lipinski definition) is 0. The maximum Gasteiger partial charge on any atom is 1.00 e. The molecule has 0 aliphatic heterocycles. The summed E-state index contributed by atoms with van der Waals surface area (Å²) in [6, 6.07) is 2.49. The molecule has 9 heteroatoms. The molecule has 0 N–H and O–H groups in total. The van der Waals surface area contributed by atoms with Crippen LogP contribution in [0, 0.1) is 0 Å². The van der Waals surface area contributed by atoms with Crippen molar-refractivity contribution < 1.29 is 74.0 Å². The van der Waals surface area contributed by atoms with Crippen LogP contribution in [0.15, 0.2) is 18.3 Å². The van der Waals surface area contributed by atoms with Crippen LogP contribution < -0.4 is 19.7 Å². The summed E-state index contributed by atoms with van der Waals surface area (Å²) in [7, 11) is 0. The van der Waals surface area contributed by atoms with E-state index in [4.69, 9.17) is 0 Å². The molecular formula is C7H3Ag2NO6. The Balaban J connectivity index is 0. The van der Waals surface area contributed by atoms with E-state index >= 15 is 0 Å². The summed E-state index contributed by atoms with van der Waals surface area (Å²) in [4.78, 5) is 23.5. The van der Waals surface area contributed by atoms with Crippen LogP contribution in [0.25, 0.3) is 0 Å². The molecule has 0 unspecified atom stereocenters. The first-order valence-corrected chi connectivity index (χ1v) is 3.32. The van der Waals surface area contributed by atoms with E-state index in [0.29, 0.717) is 0 Å². The van der Waals surface area contributed by atoms with E-state index in [1.807, 2.05) is 0 Å². The number of rotatable bonds is 2. The van der Waals surface area contributed by atoms with Gasteiger partial charge in [0.2, 0.25) is 0 Å². The van der Waals surface area contributed by atoms with Gasteiger partial charge in [0.15, 0.2) is 5.88 Å². The van der Waals surface area contributed by atoms with Crippen molar-refractivity contribution in [1.29, 1.82) is 0 Å². The molecule has 0 aliphatic rings. The summed E-state index contributed by atoms with van der Waals surface area (Å²) >= 11 is 0. The molecule has 0 bridgehead atoms. The maximum atomic E-state index is 10.0. The summed E-state index contributed by atoms with van der Waals surface area (Å²) in [6.07, 6.45) is -2.52. The molecule has 0 spiro atoms. The van der Waals surface area contributed by atoms with E-state index in [0.717, 1.165) is 6.07 Å². The smallest absolute Gasteiger partial charge is 0.510 e. The Morgan fingerprint density at radius 2 is 1.69 bits per heavy atom. The molecule has 0 fully saturated rings. The van der Waals surface area contributed by atoms with Gasteiger partial charge in [0.05, 0.1) is 5.75 Å². The van der Waals surface area contributed by atoms with E-state index in [-0.39, 0.29) is 50.5 Å². The van der Waals surface area contributed by atoms with Gasteiger partial charge in [-0.3, -0.25) is 0 Å². The van der Waals surface area contributed by atoms with Crippen molar-refractivity contribution >= 4 is 12.3 Å². The van der Waals surface area contributed by atoms with Crippen molar-refractivity contribution in [2.75, 3.05) is 0 Å². The number of aromatic nitrogens is 1. The predicted octanol–water partition coefficient (Wildman–Crippen LogP) is -1.48. The number of ether oxygens (including phenoxy) is 2. The van der Waals surface area contributed by atoms with Crippen LogP contribution in [0.2, 0.25) is 0 Å².